The number of amides is 2. The fourth-order valence-electron chi connectivity index (χ4n) is 2.42. The molecule has 104 valence electrons. The lowest BCUT2D eigenvalue weighted by Gasteiger charge is -2.33. The topological polar surface area (TPSA) is 67.1 Å². The maximum atomic E-state index is 13.4. The highest BCUT2D eigenvalue weighted by atomic mass is 19.1. The highest BCUT2D eigenvalue weighted by molar-refractivity contribution is 5.89. The fraction of sp³-hybridized carbons (Fsp3) is 0.500. The number of rotatable bonds is 3. The Morgan fingerprint density at radius 1 is 1.26 bits per heavy atom. The molecule has 2 amide bonds. The number of nitrogens with one attached hydrogen (secondary N) is 2. The highest BCUT2D eigenvalue weighted by Crippen LogP contribution is 2.25. The van der Waals surface area contributed by atoms with Gasteiger partial charge in [0.15, 0.2) is 0 Å². The molecule has 1 aliphatic rings. The van der Waals surface area contributed by atoms with Crippen LogP contribution >= 0.6 is 0 Å². The van der Waals surface area contributed by atoms with Crippen LogP contribution in [0.3, 0.4) is 0 Å². The number of hydrogen-bond acceptors (Lipinski definition) is 2. The molecule has 0 heterocycles. The first-order valence-electron chi connectivity index (χ1n) is 6.67. The highest BCUT2D eigenvalue weighted by Gasteiger charge is 2.27. The van der Waals surface area contributed by atoms with E-state index in [1.807, 2.05) is 0 Å². The molecule has 4 N–H and O–H groups in total. The summed E-state index contributed by atoms with van der Waals surface area (Å²) < 4.78 is 13.4. The Labute approximate surface area is 112 Å². The van der Waals surface area contributed by atoms with Crippen LogP contribution in [0.1, 0.15) is 32.1 Å². The van der Waals surface area contributed by atoms with Crippen LogP contribution in [0, 0.1) is 5.82 Å². The Kier molecular flexibility index (Phi) is 4.37. The molecule has 0 atom stereocenters. The van der Waals surface area contributed by atoms with Gasteiger partial charge >= 0.3 is 6.03 Å². The van der Waals surface area contributed by atoms with E-state index < -0.39 is 11.8 Å². The first-order chi connectivity index (χ1) is 9.09. The molecule has 1 fully saturated rings. The molecule has 2 rings (SSSR count). The summed E-state index contributed by atoms with van der Waals surface area (Å²) in [6, 6.07) is 5.66. The monoisotopic (exact) mass is 265 g/mol. The summed E-state index contributed by atoms with van der Waals surface area (Å²) in [5, 5.41) is 5.21. The lowest BCUT2D eigenvalue weighted by molar-refractivity contribution is 0.241. The van der Waals surface area contributed by atoms with Gasteiger partial charge < -0.3 is 16.4 Å². The van der Waals surface area contributed by atoms with Crippen LogP contribution in [0.15, 0.2) is 24.3 Å². The standard InChI is InChI=1S/C14H20FN3O/c15-11-6-2-3-7-12(11)18-13(19)17-10-14(16)8-4-1-5-9-14/h2-3,6-7H,1,4-5,8-10,16H2,(H2,17,18,19). The average molecular weight is 265 g/mol. The maximum absolute atomic E-state index is 13.4. The number of para-hydroxylation sites is 1. The zero-order valence-corrected chi connectivity index (χ0v) is 10.9. The summed E-state index contributed by atoms with van der Waals surface area (Å²) in [4.78, 5) is 11.7. The lowest BCUT2D eigenvalue weighted by atomic mass is 9.82. The summed E-state index contributed by atoms with van der Waals surface area (Å²) in [7, 11) is 0. The van der Waals surface area contributed by atoms with E-state index in [9.17, 15) is 9.18 Å². The van der Waals surface area contributed by atoms with Crippen molar-refractivity contribution >= 4 is 11.7 Å². The van der Waals surface area contributed by atoms with Crippen molar-refractivity contribution in [3.05, 3.63) is 30.1 Å². The molecule has 0 unspecified atom stereocenters. The third-order valence-electron chi connectivity index (χ3n) is 3.57. The van der Waals surface area contributed by atoms with Crippen LogP contribution in [-0.4, -0.2) is 18.1 Å². The normalized spacial score (nSPS) is 17.8. The van der Waals surface area contributed by atoms with Gasteiger partial charge in [-0.2, -0.15) is 0 Å². The number of halogens is 1. The van der Waals surface area contributed by atoms with Gasteiger partial charge in [0.2, 0.25) is 0 Å². The zero-order chi connectivity index (χ0) is 13.7. The van der Waals surface area contributed by atoms with E-state index in [-0.39, 0.29) is 11.2 Å². The van der Waals surface area contributed by atoms with E-state index >= 15 is 0 Å². The van der Waals surface area contributed by atoms with Gasteiger partial charge in [0.05, 0.1) is 5.69 Å². The van der Waals surface area contributed by atoms with Crippen LogP contribution in [-0.2, 0) is 0 Å². The molecule has 0 aromatic heterocycles. The van der Waals surface area contributed by atoms with Crippen LogP contribution in [0.5, 0.6) is 0 Å². The largest absolute Gasteiger partial charge is 0.336 e. The Balaban J connectivity index is 1.83. The van der Waals surface area contributed by atoms with E-state index in [1.54, 1.807) is 12.1 Å². The molecule has 1 aromatic rings. The summed E-state index contributed by atoms with van der Waals surface area (Å²) in [5.41, 5.74) is 6.08. The van der Waals surface area contributed by atoms with E-state index in [4.69, 9.17) is 5.73 Å². The number of hydrogen-bond donors (Lipinski definition) is 3. The smallest absolute Gasteiger partial charge is 0.319 e. The molecule has 1 aromatic carbocycles. The van der Waals surface area contributed by atoms with Crippen LogP contribution in [0.4, 0.5) is 14.9 Å². The van der Waals surface area contributed by atoms with Crippen molar-refractivity contribution < 1.29 is 9.18 Å². The summed E-state index contributed by atoms with van der Waals surface area (Å²) >= 11 is 0. The van der Waals surface area contributed by atoms with E-state index in [2.05, 4.69) is 10.6 Å². The van der Waals surface area contributed by atoms with Gasteiger partial charge in [-0.1, -0.05) is 31.4 Å². The predicted octanol–water partition coefficient (Wildman–Crippen LogP) is 2.61. The van der Waals surface area contributed by atoms with Crippen molar-refractivity contribution in [2.45, 2.75) is 37.6 Å². The number of urea groups is 1. The summed E-state index contributed by atoms with van der Waals surface area (Å²) in [5.74, 6) is -0.447. The van der Waals surface area contributed by atoms with E-state index in [0.717, 1.165) is 25.7 Å². The quantitative estimate of drug-likeness (QED) is 0.786. The van der Waals surface area contributed by atoms with Gasteiger partial charge in [0.1, 0.15) is 5.82 Å². The van der Waals surface area contributed by atoms with Crippen LogP contribution < -0.4 is 16.4 Å². The molecule has 0 aliphatic heterocycles. The minimum Gasteiger partial charge on any atom is -0.336 e. The number of nitrogens with two attached hydrogens (primary N) is 1. The Hall–Kier alpha value is -1.62. The van der Waals surface area contributed by atoms with E-state index in [0.29, 0.717) is 6.54 Å². The van der Waals surface area contributed by atoms with Gasteiger partial charge in [-0.05, 0) is 25.0 Å². The third kappa shape index (κ3) is 3.92. The molecule has 1 saturated carbocycles. The van der Waals surface area contributed by atoms with Crippen LogP contribution in [0.2, 0.25) is 0 Å². The number of benzene rings is 1. The van der Waals surface area contributed by atoms with Crippen molar-refractivity contribution in [1.29, 1.82) is 0 Å². The molecule has 4 nitrogen and oxygen atoms in total. The van der Waals surface area contributed by atoms with Gasteiger partial charge in [-0.15, -0.1) is 0 Å². The lowest BCUT2D eigenvalue weighted by Crippen LogP contribution is -2.52. The summed E-state index contributed by atoms with van der Waals surface area (Å²) in [6.07, 6.45) is 5.26. The molecule has 1 aliphatic carbocycles. The first-order valence-corrected chi connectivity index (χ1v) is 6.67. The minimum absolute atomic E-state index is 0.176. The average Bonchev–Trinajstić information content (AvgIpc) is 2.40. The van der Waals surface area contributed by atoms with Gasteiger partial charge in [-0.25, -0.2) is 9.18 Å². The van der Waals surface area contributed by atoms with E-state index in [1.165, 1.54) is 18.6 Å². The number of anilines is 1. The third-order valence-corrected chi connectivity index (χ3v) is 3.57. The Morgan fingerprint density at radius 2 is 1.95 bits per heavy atom. The Morgan fingerprint density at radius 3 is 2.63 bits per heavy atom. The second kappa shape index (κ2) is 6.02. The molecule has 0 bridgehead atoms. The van der Waals surface area contributed by atoms with Crippen molar-refractivity contribution in [2.24, 2.45) is 5.73 Å². The SMILES string of the molecule is NC1(CNC(=O)Nc2ccccc2F)CCCCC1. The van der Waals surface area contributed by atoms with Crippen molar-refractivity contribution in [1.82, 2.24) is 5.32 Å². The molecule has 0 saturated heterocycles. The molecule has 0 radical (unpaired) electrons. The number of carbonyl (C=O) groups is 1. The van der Waals surface area contributed by atoms with Gasteiger partial charge in [0.25, 0.3) is 0 Å². The minimum atomic E-state index is -0.447. The van der Waals surface area contributed by atoms with Crippen LogP contribution in [0.25, 0.3) is 0 Å². The molecule has 5 heteroatoms. The zero-order valence-electron chi connectivity index (χ0n) is 10.9. The second-order valence-corrected chi connectivity index (χ2v) is 5.21. The summed E-state index contributed by atoms with van der Waals surface area (Å²) in [6.45, 7) is 0.424. The van der Waals surface area contributed by atoms with Crippen molar-refractivity contribution in [3.63, 3.8) is 0 Å². The molecular weight excluding hydrogens is 245 g/mol. The maximum Gasteiger partial charge on any atom is 0.319 e. The van der Waals surface area contributed by atoms with Gasteiger partial charge in [-0.3, -0.25) is 0 Å². The Bertz CT molecular complexity index is 444. The molecule has 19 heavy (non-hydrogen) atoms. The second-order valence-electron chi connectivity index (χ2n) is 5.21. The fourth-order valence-corrected chi connectivity index (χ4v) is 2.42. The molecule has 0 spiro atoms. The van der Waals surface area contributed by atoms with Crippen molar-refractivity contribution in [2.75, 3.05) is 11.9 Å². The molecular formula is C14H20FN3O. The number of carbonyl (C=O) groups excluding carboxylic acids is 1. The first kappa shape index (κ1) is 13.8. The van der Waals surface area contributed by atoms with Gasteiger partial charge in [0, 0.05) is 12.1 Å². The van der Waals surface area contributed by atoms with Crippen molar-refractivity contribution in [3.8, 4) is 0 Å². The predicted molar refractivity (Wildman–Crippen MR) is 73.4 cm³/mol.